The third-order valence-corrected chi connectivity index (χ3v) is 4.34. The van der Waals surface area contributed by atoms with E-state index in [9.17, 15) is 9.59 Å². The molecular formula is C17H22N2O4. The van der Waals surface area contributed by atoms with Gasteiger partial charge >= 0.3 is 0 Å². The van der Waals surface area contributed by atoms with Crippen molar-refractivity contribution in [2.45, 2.75) is 31.0 Å². The summed E-state index contributed by atoms with van der Waals surface area (Å²) >= 11 is 0. The number of likely N-dealkylation sites (N-methyl/N-ethyl adjacent to an activating group) is 1. The number of rotatable bonds is 4. The zero-order valence-electron chi connectivity index (χ0n) is 13.7. The summed E-state index contributed by atoms with van der Waals surface area (Å²) in [6, 6.07) is 7.32. The first-order valence-corrected chi connectivity index (χ1v) is 7.81. The van der Waals surface area contributed by atoms with Crippen LogP contribution in [0.5, 0.6) is 5.75 Å². The van der Waals surface area contributed by atoms with Crippen LogP contribution in [0.2, 0.25) is 0 Å². The largest absolute Gasteiger partial charge is 0.497 e. The molecule has 3 rings (SSSR count). The average Bonchev–Trinajstić information content (AvgIpc) is 3.38. The van der Waals surface area contributed by atoms with Crippen LogP contribution in [0.3, 0.4) is 0 Å². The van der Waals surface area contributed by atoms with E-state index >= 15 is 0 Å². The summed E-state index contributed by atoms with van der Waals surface area (Å²) < 4.78 is 10.8. The van der Waals surface area contributed by atoms with Gasteiger partial charge in [-0.25, -0.2) is 0 Å². The maximum Gasteiger partial charge on any atom is 0.253 e. The zero-order chi connectivity index (χ0) is 16.6. The summed E-state index contributed by atoms with van der Waals surface area (Å²) in [6.45, 7) is -0.0343. The van der Waals surface area contributed by atoms with Crippen molar-refractivity contribution in [3.8, 4) is 5.75 Å². The lowest BCUT2D eigenvalue weighted by molar-refractivity contribution is -0.169. The Balaban J connectivity index is 1.98. The van der Waals surface area contributed by atoms with Gasteiger partial charge in [-0.3, -0.25) is 9.59 Å². The van der Waals surface area contributed by atoms with Crippen LogP contribution in [0.15, 0.2) is 24.3 Å². The second kappa shape index (κ2) is 6.20. The zero-order valence-corrected chi connectivity index (χ0v) is 13.7. The molecule has 2 atom stereocenters. The standard InChI is InChI=1S/C17H22N2O4/c1-18(2)17(21)16-15(11-4-8-13(22-3)9-5-11)19(12-6-7-12)14(20)10-23-16/h4-5,8-9,12,15-16H,6-7,10H2,1-3H3. The molecule has 2 amide bonds. The van der Waals surface area contributed by atoms with Gasteiger partial charge in [0.25, 0.3) is 5.91 Å². The summed E-state index contributed by atoms with van der Waals surface area (Å²) in [5.74, 6) is 0.574. The summed E-state index contributed by atoms with van der Waals surface area (Å²) in [5.41, 5.74) is 0.894. The Bertz CT molecular complexity index is 595. The monoisotopic (exact) mass is 318 g/mol. The number of hydrogen-bond donors (Lipinski definition) is 0. The van der Waals surface area contributed by atoms with Gasteiger partial charge in [0.05, 0.1) is 13.2 Å². The number of nitrogens with zero attached hydrogens (tertiary/aromatic N) is 2. The molecule has 1 aromatic rings. The fraction of sp³-hybridized carbons (Fsp3) is 0.529. The molecule has 1 aliphatic heterocycles. The molecule has 1 saturated carbocycles. The number of hydrogen-bond acceptors (Lipinski definition) is 4. The Labute approximate surface area is 136 Å². The predicted molar refractivity (Wildman–Crippen MR) is 84.0 cm³/mol. The van der Waals surface area contributed by atoms with E-state index in [4.69, 9.17) is 9.47 Å². The van der Waals surface area contributed by atoms with Gasteiger partial charge in [-0.2, -0.15) is 0 Å². The number of carbonyl (C=O) groups is 2. The van der Waals surface area contributed by atoms with Gasteiger partial charge in [0.2, 0.25) is 5.91 Å². The molecule has 1 saturated heterocycles. The lowest BCUT2D eigenvalue weighted by atomic mass is 9.96. The number of benzene rings is 1. The molecular weight excluding hydrogens is 296 g/mol. The number of morpholine rings is 1. The van der Waals surface area contributed by atoms with Crippen molar-refractivity contribution in [3.05, 3.63) is 29.8 Å². The third-order valence-electron chi connectivity index (χ3n) is 4.34. The van der Waals surface area contributed by atoms with Gasteiger partial charge in [0, 0.05) is 20.1 Å². The Kier molecular flexibility index (Phi) is 4.26. The van der Waals surface area contributed by atoms with Crippen LogP contribution >= 0.6 is 0 Å². The van der Waals surface area contributed by atoms with Crippen LogP contribution < -0.4 is 4.74 Å². The highest BCUT2D eigenvalue weighted by atomic mass is 16.5. The fourth-order valence-corrected chi connectivity index (χ4v) is 3.01. The van der Waals surface area contributed by atoms with Crippen LogP contribution in [-0.2, 0) is 14.3 Å². The molecule has 2 fully saturated rings. The number of methoxy groups -OCH3 is 1. The summed E-state index contributed by atoms with van der Waals surface area (Å²) in [4.78, 5) is 28.3. The molecule has 1 aromatic carbocycles. The molecule has 0 N–H and O–H groups in total. The normalized spacial score (nSPS) is 24.5. The molecule has 0 aromatic heterocycles. The Hall–Kier alpha value is -2.08. The quantitative estimate of drug-likeness (QED) is 0.837. The van der Waals surface area contributed by atoms with Gasteiger partial charge in [-0.1, -0.05) is 12.1 Å². The van der Waals surface area contributed by atoms with Crippen molar-refractivity contribution in [2.24, 2.45) is 0 Å². The molecule has 2 aliphatic rings. The molecule has 0 radical (unpaired) electrons. The topological polar surface area (TPSA) is 59.1 Å². The molecule has 0 bridgehead atoms. The Morgan fingerprint density at radius 1 is 1.26 bits per heavy atom. The average molecular weight is 318 g/mol. The molecule has 1 aliphatic carbocycles. The summed E-state index contributed by atoms with van der Waals surface area (Å²) in [5, 5.41) is 0. The Morgan fingerprint density at radius 2 is 1.91 bits per heavy atom. The van der Waals surface area contributed by atoms with E-state index in [1.165, 1.54) is 4.90 Å². The second-order valence-electron chi connectivity index (χ2n) is 6.21. The summed E-state index contributed by atoms with van der Waals surface area (Å²) in [7, 11) is 5.01. The van der Waals surface area contributed by atoms with Gasteiger partial charge < -0.3 is 19.3 Å². The van der Waals surface area contributed by atoms with E-state index < -0.39 is 6.10 Å². The van der Waals surface area contributed by atoms with E-state index in [0.717, 1.165) is 24.2 Å². The third kappa shape index (κ3) is 3.03. The van der Waals surface area contributed by atoms with E-state index in [2.05, 4.69) is 0 Å². The van der Waals surface area contributed by atoms with Crippen LogP contribution in [0, 0.1) is 0 Å². The number of carbonyl (C=O) groups excluding carboxylic acids is 2. The summed E-state index contributed by atoms with van der Waals surface area (Å²) in [6.07, 6.45) is 1.31. The minimum absolute atomic E-state index is 0.0343. The maximum absolute atomic E-state index is 12.5. The lowest BCUT2D eigenvalue weighted by Gasteiger charge is -2.41. The molecule has 6 heteroatoms. The van der Waals surface area contributed by atoms with Crippen molar-refractivity contribution >= 4 is 11.8 Å². The Morgan fingerprint density at radius 3 is 2.43 bits per heavy atom. The molecule has 6 nitrogen and oxygen atoms in total. The van der Waals surface area contributed by atoms with E-state index in [0.29, 0.717) is 0 Å². The first-order chi connectivity index (χ1) is 11.0. The highest BCUT2D eigenvalue weighted by molar-refractivity contribution is 5.86. The maximum atomic E-state index is 12.5. The minimum atomic E-state index is -0.670. The van der Waals surface area contributed by atoms with Gasteiger partial charge in [0.1, 0.15) is 12.4 Å². The van der Waals surface area contributed by atoms with Gasteiger partial charge in [-0.05, 0) is 30.5 Å². The highest BCUT2D eigenvalue weighted by Crippen LogP contribution is 2.40. The highest BCUT2D eigenvalue weighted by Gasteiger charge is 2.47. The fourth-order valence-electron chi connectivity index (χ4n) is 3.01. The van der Waals surface area contributed by atoms with Crippen LogP contribution in [0.25, 0.3) is 0 Å². The van der Waals surface area contributed by atoms with Crippen molar-refractivity contribution < 1.29 is 19.1 Å². The van der Waals surface area contributed by atoms with Crippen molar-refractivity contribution in [2.75, 3.05) is 27.8 Å². The molecule has 124 valence electrons. The molecule has 23 heavy (non-hydrogen) atoms. The number of amides is 2. The van der Waals surface area contributed by atoms with Gasteiger partial charge in [-0.15, -0.1) is 0 Å². The SMILES string of the molecule is COc1ccc(C2C(C(=O)N(C)C)OCC(=O)N2C2CC2)cc1. The van der Waals surface area contributed by atoms with Crippen molar-refractivity contribution in [1.29, 1.82) is 0 Å². The molecule has 2 unspecified atom stereocenters. The molecule has 1 heterocycles. The van der Waals surface area contributed by atoms with Crippen LogP contribution in [-0.4, -0.2) is 61.6 Å². The first kappa shape index (κ1) is 15.8. The second-order valence-corrected chi connectivity index (χ2v) is 6.21. The van der Waals surface area contributed by atoms with E-state index in [1.807, 2.05) is 29.2 Å². The van der Waals surface area contributed by atoms with Crippen molar-refractivity contribution in [3.63, 3.8) is 0 Å². The smallest absolute Gasteiger partial charge is 0.253 e. The van der Waals surface area contributed by atoms with Gasteiger partial charge in [0.15, 0.2) is 6.10 Å². The van der Waals surface area contributed by atoms with Crippen LogP contribution in [0.1, 0.15) is 24.4 Å². The minimum Gasteiger partial charge on any atom is -0.497 e. The lowest BCUT2D eigenvalue weighted by Crippen LogP contribution is -2.54. The van der Waals surface area contributed by atoms with E-state index in [1.54, 1.807) is 21.2 Å². The van der Waals surface area contributed by atoms with Crippen molar-refractivity contribution in [1.82, 2.24) is 9.80 Å². The number of ether oxygens (including phenoxy) is 2. The van der Waals surface area contributed by atoms with E-state index in [-0.39, 0.29) is 30.5 Å². The van der Waals surface area contributed by atoms with Crippen LogP contribution in [0.4, 0.5) is 0 Å². The molecule has 0 spiro atoms. The predicted octanol–water partition coefficient (Wildman–Crippen LogP) is 1.21. The first-order valence-electron chi connectivity index (χ1n) is 7.81.